The zero-order valence-electron chi connectivity index (χ0n) is 5.83. The van der Waals surface area contributed by atoms with Gasteiger partial charge in [-0.2, -0.15) is 0 Å². The Morgan fingerprint density at radius 3 is 2.42 bits per heavy atom. The van der Waals surface area contributed by atoms with E-state index in [-0.39, 0.29) is 10.5 Å². The predicted octanol–water partition coefficient (Wildman–Crippen LogP) is -0.136. The highest BCUT2D eigenvalue weighted by Crippen LogP contribution is 2.21. The number of aromatic hydroxyl groups is 1. The van der Waals surface area contributed by atoms with Gasteiger partial charge in [-0.25, -0.2) is 4.39 Å². The number of rotatable bonds is 1. The minimum atomic E-state index is -1.91. The van der Waals surface area contributed by atoms with Crippen LogP contribution < -0.4 is 5.46 Å². The van der Waals surface area contributed by atoms with Crippen molar-refractivity contribution in [1.29, 1.82) is 0 Å². The maximum Gasteiger partial charge on any atom is 0.492 e. The third-order valence-corrected chi connectivity index (χ3v) is 1.67. The Morgan fingerprint density at radius 2 is 1.92 bits per heavy atom. The molecule has 0 atom stereocenters. The molecule has 3 nitrogen and oxygen atoms in total. The van der Waals surface area contributed by atoms with Gasteiger partial charge in [0.25, 0.3) is 0 Å². The van der Waals surface area contributed by atoms with Gasteiger partial charge >= 0.3 is 7.12 Å². The van der Waals surface area contributed by atoms with E-state index in [1.165, 1.54) is 0 Å². The van der Waals surface area contributed by atoms with E-state index in [2.05, 4.69) is 0 Å². The van der Waals surface area contributed by atoms with E-state index >= 15 is 0 Å². The predicted molar refractivity (Wildman–Crippen MR) is 42.9 cm³/mol. The molecule has 3 N–H and O–H groups in total. The molecule has 0 heterocycles. The Balaban J connectivity index is 3.27. The van der Waals surface area contributed by atoms with Gasteiger partial charge in [0.05, 0.1) is 5.02 Å². The molecule has 0 amide bonds. The summed E-state index contributed by atoms with van der Waals surface area (Å²) in [6.07, 6.45) is 0. The molecular formula is C6H5BClFO3. The fraction of sp³-hybridized carbons (Fsp3) is 0. The first kappa shape index (κ1) is 9.31. The van der Waals surface area contributed by atoms with Crippen LogP contribution in [0.2, 0.25) is 5.02 Å². The molecule has 6 heteroatoms. The van der Waals surface area contributed by atoms with Crippen molar-refractivity contribution in [3.63, 3.8) is 0 Å². The highest BCUT2D eigenvalue weighted by Gasteiger charge is 2.20. The Labute approximate surface area is 73.2 Å². The van der Waals surface area contributed by atoms with Gasteiger partial charge in [0.2, 0.25) is 0 Å². The topological polar surface area (TPSA) is 60.7 Å². The molecule has 0 aromatic heterocycles. The average Bonchev–Trinajstić information content (AvgIpc) is 2.00. The van der Waals surface area contributed by atoms with Gasteiger partial charge in [0.15, 0.2) is 11.6 Å². The van der Waals surface area contributed by atoms with Crippen LogP contribution in [0.25, 0.3) is 0 Å². The minimum Gasteiger partial charge on any atom is -0.505 e. The summed E-state index contributed by atoms with van der Waals surface area (Å²) in [4.78, 5) is 0. The van der Waals surface area contributed by atoms with Gasteiger partial charge in [-0.05, 0) is 6.07 Å². The van der Waals surface area contributed by atoms with Crippen LogP contribution in [0, 0.1) is 5.82 Å². The van der Waals surface area contributed by atoms with Crippen LogP contribution in [0.5, 0.6) is 5.75 Å². The van der Waals surface area contributed by atoms with E-state index in [0.29, 0.717) is 0 Å². The third-order valence-electron chi connectivity index (χ3n) is 1.38. The Morgan fingerprint density at radius 1 is 1.33 bits per heavy atom. The van der Waals surface area contributed by atoms with Crippen molar-refractivity contribution in [2.45, 2.75) is 0 Å². The molecule has 12 heavy (non-hydrogen) atoms. The van der Waals surface area contributed by atoms with E-state index in [0.717, 1.165) is 12.1 Å². The Bertz CT molecular complexity index is 305. The molecule has 64 valence electrons. The number of phenols is 1. The average molecular weight is 190 g/mol. The van der Waals surface area contributed by atoms with Crippen LogP contribution in [0.15, 0.2) is 12.1 Å². The smallest absolute Gasteiger partial charge is 0.492 e. The first-order valence-electron chi connectivity index (χ1n) is 3.07. The second-order valence-electron chi connectivity index (χ2n) is 2.17. The van der Waals surface area contributed by atoms with E-state index in [9.17, 15) is 4.39 Å². The molecule has 0 spiro atoms. The van der Waals surface area contributed by atoms with Crippen molar-refractivity contribution < 1.29 is 19.5 Å². The molecule has 0 fully saturated rings. The summed E-state index contributed by atoms with van der Waals surface area (Å²) < 4.78 is 12.7. The highest BCUT2D eigenvalue weighted by atomic mass is 35.5. The molecule has 0 saturated carbocycles. The largest absolute Gasteiger partial charge is 0.505 e. The van der Waals surface area contributed by atoms with E-state index in [1.54, 1.807) is 0 Å². The summed E-state index contributed by atoms with van der Waals surface area (Å²) >= 11 is 5.29. The molecule has 0 aliphatic heterocycles. The van der Waals surface area contributed by atoms with Gasteiger partial charge in [0, 0.05) is 5.46 Å². The molecular weight excluding hydrogens is 185 g/mol. The third kappa shape index (κ3) is 1.53. The molecule has 0 bridgehead atoms. The number of hydrogen-bond donors (Lipinski definition) is 3. The fourth-order valence-corrected chi connectivity index (χ4v) is 0.916. The molecule has 0 saturated heterocycles. The van der Waals surface area contributed by atoms with Crippen molar-refractivity contribution in [3.05, 3.63) is 23.0 Å². The molecule has 0 aliphatic rings. The lowest BCUT2D eigenvalue weighted by molar-refractivity contribution is 0.410. The van der Waals surface area contributed by atoms with Gasteiger partial charge in [-0.3, -0.25) is 0 Å². The summed E-state index contributed by atoms with van der Waals surface area (Å²) in [7, 11) is -1.91. The molecule has 1 aromatic carbocycles. The maximum absolute atomic E-state index is 12.7. The van der Waals surface area contributed by atoms with Crippen molar-refractivity contribution in [1.82, 2.24) is 0 Å². The summed E-state index contributed by atoms with van der Waals surface area (Å²) in [6, 6.07) is 2.26. The lowest BCUT2D eigenvalue weighted by Gasteiger charge is -2.04. The van der Waals surface area contributed by atoms with Crippen molar-refractivity contribution in [3.8, 4) is 5.75 Å². The van der Waals surface area contributed by atoms with Crippen LogP contribution in [-0.4, -0.2) is 22.3 Å². The zero-order chi connectivity index (χ0) is 9.30. The van der Waals surface area contributed by atoms with E-state index in [1.807, 2.05) is 0 Å². The standard InChI is InChI=1S/C6H5BClFO3/c8-4-2-1-3(7(11)12)6(10)5(4)9/h1-2,10-12H. The van der Waals surface area contributed by atoms with Crippen molar-refractivity contribution in [2.75, 3.05) is 0 Å². The quantitative estimate of drug-likeness (QED) is 0.540. The van der Waals surface area contributed by atoms with Crippen LogP contribution in [-0.2, 0) is 0 Å². The number of phenolic OH excluding ortho intramolecular Hbond substituents is 1. The number of hydrogen-bond acceptors (Lipinski definition) is 3. The lowest BCUT2D eigenvalue weighted by atomic mass is 9.79. The van der Waals surface area contributed by atoms with Crippen molar-refractivity contribution in [2.24, 2.45) is 0 Å². The fourth-order valence-electron chi connectivity index (χ4n) is 0.763. The Hall–Kier alpha value is -0.775. The summed E-state index contributed by atoms with van der Waals surface area (Å²) in [5, 5.41) is 25.9. The summed E-state index contributed by atoms with van der Waals surface area (Å²) in [5.41, 5.74) is -0.308. The Kier molecular flexibility index (Phi) is 2.57. The first-order chi connectivity index (χ1) is 5.54. The minimum absolute atomic E-state index is 0.267. The zero-order valence-corrected chi connectivity index (χ0v) is 6.59. The summed E-state index contributed by atoms with van der Waals surface area (Å²) in [6.45, 7) is 0. The molecule has 1 rings (SSSR count). The van der Waals surface area contributed by atoms with Gasteiger partial charge in [-0.1, -0.05) is 17.7 Å². The first-order valence-corrected chi connectivity index (χ1v) is 3.45. The number of halogens is 2. The second kappa shape index (κ2) is 3.31. The molecule has 0 radical (unpaired) electrons. The van der Waals surface area contributed by atoms with Crippen LogP contribution >= 0.6 is 11.6 Å². The molecule has 0 aliphatic carbocycles. The van der Waals surface area contributed by atoms with Crippen molar-refractivity contribution >= 4 is 24.2 Å². The van der Waals surface area contributed by atoms with Gasteiger partial charge in [-0.15, -0.1) is 0 Å². The van der Waals surface area contributed by atoms with Gasteiger partial charge in [0.1, 0.15) is 0 Å². The lowest BCUT2D eigenvalue weighted by Crippen LogP contribution is -2.30. The second-order valence-corrected chi connectivity index (χ2v) is 2.58. The number of benzene rings is 1. The molecule has 0 unspecified atom stereocenters. The SMILES string of the molecule is OB(O)c1ccc(Cl)c(F)c1O. The van der Waals surface area contributed by atoms with E-state index < -0.39 is 18.7 Å². The summed E-state index contributed by atoms with van der Waals surface area (Å²) in [5.74, 6) is -1.89. The van der Waals surface area contributed by atoms with E-state index in [4.69, 9.17) is 26.8 Å². The highest BCUT2D eigenvalue weighted by molar-refractivity contribution is 6.59. The molecule has 1 aromatic rings. The van der Waals surface area contributed by atoms with Crippen LogP contribution in [0.1, 0.15) is 0 Å². The normalized spacial score (nSPS) is 10.0. The van der Waals surface area contributed by atoms with Gasteiger partial charge < -0.3 is 15.2 Å². The monoisotopic (exact) mass is 190 g/mol. The maximum atomic E-state index is 12.7. The van der Waals surface area contributed by atoms with Crippen LogP contribution in [0.3, 0.4) is 0 Å². The van der Waals surface area contributed by atoms with Crippen LogP contribution in [0.4, 0.5) is 4.39 Å².